The van der Waals surface area contributed by atoms with Crippen LogP contribution in [0.15, 0.2) is 54.6 Å². The Morgan fingerprint density at radius 3 is 2.55 bits per heavy atom. The molecule has 0 saturated heterocycles. The summed E-state index contributed by atoms with van der Waals surface area (Å²) >= 11 is 0. The van der Waals surface area contributed by atoms with Gasteiger partial charge in [0.2, 0.25) is 0 Å². The molecule has 0 spiro atoms. The fraction of sp³-hybridized carbons (Fsp3) is 0.217. The summed E-state index contributed by atoms with van der Waals surface area (Å²) < 4.78 is 0. The lowest BCUT2D eigenvalue weighted by molar-refractivity contribution is 0.101. The average molecular weight is 386 g/mol. The van der Waals surface area contributed by atoms with E-state index in [2.05, 4.69) is 32.3 Å². The third-order valence-corrected chi connectivity index (χ3v) is 4.99. The quantitative estimate of drug-likeness (QED) is 0.676. The van der Waals surface area contributed by atoms with Crippen molar-refractivity contribution in [2.45, 2.75) is 26.7 Å². The van der Waals surface area contributed by atoms with Crippen molar-refractivity contribution in [2.24, 2.45) is 0 Å². The zero-order valence-electron chi connectivity index (χ0n) is 16.5. The minimum atomic E-state index is -0.308. The SMILES string of the molecule is CC(=O)c1ccc(NC(=O)c2cc(N3CCCc4ccccc43)nc(C)n2)cc1. The Balaban J connectivity index is 1.60. The largest absolute Gasteiger partial charge is 0.326 e. The predicted molar refractivity (Wildman–Crippen MR) is 113 cm³/mol. The lowest BCUT2D eigenvalue weighted by atomic mass is 10.0. The zero-order valence-corrected chi connectivity index (χ0v) is 16.5. The number of aromatic nitrogens is 2. The number of rotatable bonds is 4. The summed E-state index contributed by atoms with van der Waals surface area (Å²) in [7, 11) is 0. The molecule has 1 amide bonds. The number of ketones is 1. The van der Waals surface area contributed by atoms with Crippen molar-refractivity contribution in [2.75, 3.05) is 16.8 Å². The molecule has 1 N–H and O–H groups in total. The molecule has 0 bridgehead atoms. The van der Waals surface area contributed by atoms with Gasteiger partial charge in [0, 0.05) is 29.5 Å². The number of nitrogens with zero attached hydrogens (tertiary/aromatic N) is 3. The molecule has 2 heterocycles. The monoisotopic (exact) mass is 386 g/mol. The molecule has 6 nitrogen and oxygen atoms in total. The number of hydrogen-bond acceptors (Lipinski definition) is 5. The lowest BCUT2D eigenvalue weighted by Gasteiger charge is -2.30. The highest BCUT2D eigenvalue weighted by Crippen LogP contribution is 2.32. The first-order valence-corrected chi connectivity index (χ1v) is 9.65. The number of amides is 1. The second-order valence-corrected chi connectivity index (χ2v) is 7.13. The fourth-order valence-electron chi connectivity index (χ4n) is 3.56. The van der Waals surface area contributed by atoms with Gasteiger partial charge in [0.05, 0.1) is 0 Å². The van der Waals surface area contributed by atoms with E-state index < -0.39 is 0 Å². The van der Waals surface area contributed by atoms with Gasteiger partial charge in [0.1, 0.15) is 17.3 Å². The number of para-hydroxylation sites is 1. The number of carbonyl (C=O) groups excluding carboxylic acids is 2. The molecule has 6 heteroatoms. The summed E-state index contributed by atoms with van der Waals surface area (Å²) in [6.45, 7) is 4.15. The first kappa shape index (κ1) is 18.8. The van der Waals surface area contributed by atoms with Crippen LogP contribution >= 0.6 is 0 Å². The van der Waals surface area contributed by atoms with Crippen molar-refractivity contribution in [3.05, 3.63) is 77.2 Å². The van der Waals surface area contributed by atoms with Gasteiger partial charge >= 0.3 is 0 Å². The van der Waals surface area contributed by atoms with Crippen LogP contribution in [0.5, 0.6) is 0 Å². The van der Waals surface area contributed by atoms with Gasteiger partial charge in [0.25, 0.3) is 5.91 Å². The first-order chi connectivity index (χ1) is 14.0. The molecule has 0 aliphatic carbocycles. The number of nitrogens with one attached hydrogen (secondary N) is 1. The predicted octanol–water partition coefficient (Wildman–Crippen LogP) is 4.32. The van der Waals surface area contributed by atoms with E-state index in [1.165, 1.54) is 12.5 Å². The third kappa shape index (κ3) is 4.01. The standard InChI is InChI=1S/C23H22N4O2/c1-15(28)17-9-11-19(12-10-17)26-23(29)20-14-22(25-16(2)24-20)27-13-5-7-18-6-3-4-8-21(18)27/h3-4,6,8-12,14H,5,7,13H2,1-2H3,(H,26,29). The Labute approximate surface area is 169 Å². The average Bonchev–Trinajstić information content (AvgIpc) is 2.73. The summed E-state index contributed by atoms with van der Waals surface area (Å²) in [4.78, 5) is 35.2. The van der Waals surface area contributed by atoms with Crippen LogP contribution in [0.1, 0.15) is 45.6 Å². The lowest BCUT2D eigenvalue weighted by Crippen LogP contribution is -2.26. The highest BCUT2D eigenvalue weighted by atomic mass is 16.2. The first-order valence-electron chi connectivity index (χ1n) is 9.65. The fourth-order valence-corrected chi connectivity index (χ4v) is 3.56. The molecule has 3 aromatic rings. The molecular formula is C23H22N4O2. The van der Waals surface area contributed by atoms with Crippen LogP contribution in [-0.4, -0.2) is 28.2 Å². The van der Waals surface area contributed by atoms with Crippen molar-refractivity contribution >= 4 is 28.9 Å². The smallest absolute Gasteiger partial charge is 0.274 e. The summed E-state index contributed by atoms with van der Waals surface area (Å²) in [6.07, 6.45) is 2.07. The molecule has 146 valence electrons. The van der Waals surface area contributed by atoms with E-state index in [-0.39, 0.29) is 11.7 Å². The number of hydrogen-bond donors (Lipinski definition) is 1. The summed E-state index contributed by atoms with van der Waals surface area (Å²) in [5, 5.41) is 2.84. The number of aryl methyl sites for hydroxylation is 2. The Kier molecular flexibility index (Phi) is 5.08. The van der Waals surface area contributed by atoms with E-state index in [0.717, 1.165) is 30.9 Å². The highest BCUT2D eigenvalue weighted by Gasteiger charge is 2.21. The second-order valence-electron chi connectivity index (χ2n) is 7.13. The third-order valence-electron chi connectivity index (χ3n) is 4.99. The molecule has 0 radical (unpaired) electrons. The zero-order chi connectivity index (χ0) is 20.4. The van der Waals surface area contributed by atoms with E-state index >= 15 is 0 Å². The van der Waals surface area contributed by atoms with Crippen molar-refractivity contribution in [1.29, 1.82) is 0 Å². The van der Waals surface area contributed by atoms with Crippen LogP contribution in [0.4, 0.5) is 17.2 Å². The molecule has 29 heavy (non-hydrogen) atoms. The molecule has 2 aromatic carbocycles. The van der Waals surface area contributed by atoms with E-state index in [1.54, 1.807) is 37.3 Å². The number of carbonyl (C=O) groups is 2. The van der Waals surface area contributed by atoms with Crippen molar-refractivity contribution in [1.82, 2.24) is 9.97 Å². The minimum absolute atomic E-state index is 0.0132. The van der Waals surface area contributed by atoms with Crippen LogP contribution in [-0.2, 0) is 6.42 Å². The van der Waals surface area contributed by atoms with E-state index in [1.807, 2.05) is 12.1 Å². The maximum Gasteiger partial charge on any atom is 0.274 e. The second kappa shape index (κ2) is 7.83. The van der Waals surface area contributed by atoms with E-state index in [9.17, 15) is 9.59 Å². The van der Waals surface area contributed by atoms with Crippen molar-refractivity contribution < 1.29 is 9.59 Å². The van der Waals surface area contributed by atoms with E-state index in [4.69, 9.17) is 0 Å². The van der Waals surface area contributed by atoms with Crippen molar-refractivity contribution in [3.63, 3.8) is 0 Å². The van der Waals surface area contributed by atoms with Crippen LogP contribution < -0.4 is 10.2 Å². The Bertz CT molecular complexity index is 1080. The number of Topliss-reactive ketones (excluding diaryl/α,β-unsaturated/α-hetero) is 1. The minimum Gasteiger partial charge on any atom is -0.326 e. The summed E-state index contributed by atoms with van der Waals surface area (Å²) in [6, 6.07) is 16.8. The van der Waals surface area contributed by atoms with Gasteiger partial charge in [-0.2, -0.15) is 0 Å². The van der Waals surface area contributed by atoms with Crippen LogP contribution in [0, 0.1) is 6.92 Å². The van der Waals surface area contributed by atoms with Gasteiger partial charge in [-0.05, 0) is 62.6 Å². The summed E-state index contributed by atoms with van der Waals surface area (Å²) in [5.74, 6) is 0.947. The summed E-state index contributed by atoms with van der Waals surface area (Å²) in [5.41, 5.74) is 3.94. The normalized spacial score (nSPS) is 13.0. The maximum atomic E-state index is 12.8. The van der Waals surface area contributed by atoms with Gasteiger partial charge in [0.15, 0.2) is 5.78 Å². The van der Waals surface area contributed by atoms with Gasteiger partial charge in [-0.15, -0.1) is 0 Å². The van der Waals surface area contributed by atoms with Gasteiger partial charge < -0.3 is 10.2 Å². The molecule has 0 atom stereocenters. The Morgan fingerprint density at radius 2 is 1.79 bits per heavy atom. The Morgan fingerprint density at radius 1 is 1.03 bits per heavy atom. The maximum absolute atomic E-state index is 12.8. The number of anilines is 3. The van der Waals surface area contributed by atoms with Gasteiger partial charge in [-0.25, -0.2) is 9.97 Å². The molecule has 1 aromatic heterocycles. The van der Waals surface area contributed by atoms with Crippen LogP contribution in [0.25, 0.3) is 0 Å². The molecule has 4 rings (SSSR count). The molecule has 0 saturated carbocycles. The molecule has 1 aliphatic rings. The Hall–Kier alpha value is -3.54. The van der Waals surface area contributed by atoms with Gasteiger partial charge in [-0.1, -0.05) is 18.2 Å². The molecule has 1 aliphatic heterocycles. The van der Waals surface area contributed by atoms with Crippen molar-refractivity contribution in [3.8, 4) is 0 Å². The van der Waals surface area contributed by atoms with Crippen LogP contribution in [0.2, 0.25) is 0 Å². The highest BCUT2D eigenvalue weighted by molar-refractivity contribution is 6.03. The van der Waals surface area contributed by atoms with E-state index in [0.29, 0.717) is 22.8 Å². The molecule has 0 unspecified atom stereocenters. The molecular weight excluding hydrogens is 364 g/mol. The van der Waals surface area contributed by atoms with Gasteiger partial charge in [-0.3, -0.25) is 9.59 Å². The number of fused-ring (bicyclic) bond motifs is 1. The van der Waals surface area contributed by atoms with Crippen LogP contribution in [0.3, 0.4) is 0 Å². The topological polar surface area (TPSA) is 75.2 Å². The number of benzene rings is 2. The molecule has 0 fully saturated rings.